The van der Waals surface area contributed by atoms with Crippen molar-refractivity contribution < 1.29 is 9.53 Å². The van der Waals surface area contributed by atoms with E-state index in [1.165, 1.54) is 12.8 Å². The minimum Gasteiger partial charge on any atom is -0.385 e. The lowest BCUT2D eigenvalue weighted by atomic mass is 10.0. The molecule has 6 nitrogen and oxygen atoms in total. The molecule has 1 aromatic rings. The van der Waals surface area contributed by atoms with Gasteiger partial charge in [-0.2, -0.15) is 0 Å². The van der Waals surface area contributed by atoms with E-state index in [2.05, 4.69) is 27.1 Å². The van der Waals surface area contributed by atoms with E-state index in [0.717, 1.165) is 31.5 Å². The number of nitrogens with zero attached hydrogens (tertiary/aromatic N) is 3. The first-order valence-corrected chi connectivity index (χ1v) is 8.55. The van der Waals surface area contributed by atoms with E-state index < -0.39 is 0 Å². The molecule has 0 aromatic carbocycles. The molecule has 0 bridgehead atoms. The summed E-state index contributed by atoms with van der Waals surface area (Å²) in [5.74, 6) is 0.552. The Hall–Kier alpha value is -1.69. The number of anilines is 1. The van der Waals surface area contributed by atoms with Crippen LogP contribution in [-0.4, -0.2) is 48.7 Å². The molecule has 2 rings (SSSR count). The van der Waals surface area contributed by atoms with Gasteiger partial charge in [0, 0.05) is 38.5 Å². The molecule has 0 saturated carbocycles. The molecule has 0 aliphatic carbocycles. The van der Waals surface area contributed by atoms with Gasteiger partial charge < -0.3 is 15.0 Å². The lowest BCUT2D eigenvalue weighted by Crippen LogP contribution is -2.40. The van der Waals surface area contributed by atoms with Crippen LogP contribution >= 0.6 is 0 Å². The van der Waals surface area contributed by atoms with E-state index in [1.807, 2.05) is 6.92 Å². The highest BCUT2D eigenvalue weighted by molar-refractivity contribution is 5.92. The number of carbonyl (C=O) groups excluding carboxylic acids is 1. The van der Waals surface area contributed by atoms with Crippen molar-refractivity contribution in [2.45, 2.75) is 52.0 Å². The van der Waals surface area contributed by atoms with Crippen molar-refractivity contribution in [3.8, 4) is 0 Å². The third kappa shape index (κ3) is 4.89. The molecule has 1 fully saturated rings. The Morgan fingerprint density at radius 2 is 2.26 bits per heavy atom. The van der Waals surface area contributed by atoms with Gasteiger partial charge in [0.2, 0.25) is 5.95 Å². The van der Waals surface area contributed by atoms with Gasteiger partial charge >= 0.3 is 0 Å². The van der Waals surface area contributed by atoms with Crippen LogP contribution in [0.25, 0.3) is 0 Å². The Balaban J connectivity index is 2.10. The summed E-state index contributed by atoms with van der Waals surface area (Å²) in [7, 11) is 1.66. The van der Waals surface area contributed by atoms with Crippen LogP contribution in [0.3, 0.4) is 0 Å². The standard InChI is InChI=1S/C17H28N4O2/c1-4-14-8-5-6-10-21(14)17-19-13(2)12-15(20-17)16(22)18-9-7-11-23-3/h12,14H,4-11H2,1-3H3,(H,18,22). The minimum absolute atomic E-state index is 0.141. The Labute approximate surface area is 138 Å². The fourth-order valence-corrected chi connectivity index (χ4v) is 2.99. The second kappa shape index (κ2) is 8.82. The number of hydrogen-bond donors (Lipinski definition) is 1. The van der Waals surface area contributed by atoms with Crippen LogP contribution in [0.1, 0.15) is 55.2 Å². The number of nitrogens with one attached hydrogen (secondary N) is 1. The van der Waals surface area contributed by atoms with Gasteiger partial charge in [-0.15, -0.1) is 0 Å². The molecule has 1 aromatic heterocycles. The van der Waals surface area contributed by atoms with E-state index in [0.29, 0.717) is 30.8 Å². The molecule has 1 atom stereocenters. The largest absolute Gasteiger partial charge is 0.385 e. The van der Waals surface area contributed by atoms with Gasteiger partial charge in [-0.3, -0.25) is 4.79 Å². The van der Waals surface area contributed by atoms with E-state index in [9.17, 15) is 4.79 Å². The highest BCUT2D eigenvalue weighted by Gasteiger charge is 2.24. The molecule has 0 radical (unpaired) electrons. The predicted molar refractivity (Wildman–Crippen MR) is 90.9 cm³/mol. The van der Waals surface area contributed by atoms with Gasteiger partial charge in [-0.25, -0.2) is 9.97 Å². The van der Waals surface area contributed by atoms with E-state index in [-0.39, 0.29) is 5.91 Å². The fraction of sp³-hybridized carbons (Fsp3) is 0.706. The van der Waals surface area contributed by atoms with Crippen LogP contribution in [0, 0.1) is 6.92 Å². The lowest BCUT2D eigenvalue weighted by Gasteiger charge is -2.35. The zero-order valence-corrected chi connectivity index (χ0v) is 14.5. The first-order valence-electron chi connectivity index (χ1n) is 8.55. The van der Waals surface area contributed by atoms with Crippen LogP contribution in [0.2, 0.25) is 0 Å². The molecule has 1 unspecified atom stereocenters. The number of ether oxygens (including phenoxy) is 1. The van der Waals surface area contributed by atoms with Crippen LogP contribution in [-0.2, 0) is 4.74 Å². The molecule has 1 amide bonds. The number of carbonyl (C=O) groups is 1. The lowest BCUT2D eigenvalue weighted by molar-refractivity contribution is 0.0943. The van der Waals surface area contributed by atoms with Gasteiger partial charge in [0.25, 0.3) is 5.91 Å². The average molecular weight is 320 g/mol. The SMILES string of the molecule is CCC1CCCCN1c1nc(C)cc(C(=O)NCCCOC)n1. The van der Waals surface area contributed by atoms with Crippen molar-refractivity contribution in [3.05, 3.63) is 17.5 Å². The van der Waals surface area contributed by atoms with Gasteiger partial charge in [-0.1, -0.05) is 6.92 Å². The number of methoxy groups -OCH3 is 1. The molecule has 1 saturated heterocycles. The maximum Gasteiger partial charge on any atom is 0.270 e. The van der Waals surface area contributed by atoms with Gasteiger partial charge in [0.15, 0.2) is 0 Å². The summed E-state index contributed by atoms with van der Waals surface area (Å²) in [6, 6.07) is 2.23. The smallest absolute Gasteiger partial charge is 0.270 e. The van der Waals surface area contributed by atoms with E-state index >= 15 is 0 Å². The molecule has 1 aliphatic rings. The van der Waals surface area contributed by atoms with Crippen LogP contribution in [0.15, 0.2) is 6.07 Å². The average Bonchev–Trinajstić information content (AvgIpc) is 2.58. The predicted octanol–water partition coefficient (Wildman–Crippen LogP) is 2.32. The molecular weight excluding hydrogens is 292 g/mol. The fourth-order valence-electron chi connectivity index (χ4n) is 2.99. The summed E-state index contributed by atoms with van der Waals surface area (Å²) in [5, 5.41) is 2.89. The molecule has 6 heteroatoms. The minimum atomic E-state index is -0.141. The summed E-state index contributed by atoms with van der Waals surface area (Å²) in [4.78, 5) is 23.6. The van der Waals surface area contributed by atoms with Gasteiger partial charge in [-0.05, 0) is 45.1 Å². The van der Waals surface area contributed by atoms with Gasteiger partial charge in [0.05, 0.1) is 0 Å². The summed E-state index contributed by atoms with van der Waals surface area (Å²) in [6.45, 7) is 6.31. The van der Waals surface area contributed by atoms with Crippen LogP contribution in [0.5, 0.6) is 0 Å². The van der Waals surface area contributed by atoms with Crippen molar-refractivity contribution in [2.75, 3.05) is 31.7 Å². The van der Waals surface area contributed by atoms with Crippen molar-refractivity contribution in [3.63, 3.8) is 0 Å². The van der Waals surface area contributed by atoms with Crippen LogP contribution < -0.4 is 10.2 Å². The summed E-state index contributed by atoms with van der Waals surface area (Å²) < 4.78 is 4.99. The Bertz CT molecular complexity index is 521. The first-order chi connectivity index (χ1) is 11.2. The third-order valence-corrected chi connectivity index (χ3v) is 4.24. The number of piperidine rings is 1. The summed E-state index contributed by atoms with van der Waals surface area (Å²) >= 11 is 0. The second-order valence-corrected chi connectivity index (χ2v) is 6.05. The quantitative estimate of drug-likeness (QED) is 0.781. The van der Waals surface area contributed by atoms with Crippen molar-refractivity contribution >= 4 is 11.9 Å². The summed E-state index contributed by atoms with van der Waals surface area (Å²) in [6.07, 6.45) is 5.46. The van der Waals surface area contributed by atoms with E-state index in [4.69, 9.17) is 4.74 Å². The third-order valence-electron chi connectivity index (χ3n) is 4.24. The highest BCUT2D eigenvalue weighted by atomic mass is 16.5. The van der Waals surface area contributed by atoms with Crippen molar-refractivity contribution in [1.29, 1.82) is 0 Å². The molecule has 2 heterocycles. The zero-order valence-electron chi connectivity index (χ0n) is 14.5. The number of rotatable bonds is 7. The Morgan fingerprint density at radius 3 is 3.00 bits per heavy atom. The topological polar surface area (TPSA) is 67.4 Å². The molecule has 1 aliphatic heterocycles. The Morgan fingerprint density at radius 1 is 1.43 bits per heavy atom. The number of amides is 1. The van der Waals surface area contributed by atoms with Gasteiger partial charge in [0.1, 0.15) is 5.69 Å². The molecule has 1 N–H and O–H groups in total. The number of aryl methyl sites for hydroxylation is 1. The maximum atomic E-state index is 12.3. The summed E-state index contributed by atoms with van der Waals surface area (Å²) in [5.41, 5.74) is 1.28. The highest BCUT2D eigenvalue weighted by Crippen LogP contribution is 2.24. The monoisotopic (exact) mass is 320 g/mol. The zero-order chi connectivity index (χ0) is 16.7. The van der Waals surface area contributed by atoms with Crippen molar-refractivity contribution in [2.24, 2.45) is 0 Å². The van der Waals surface area contributed by atoms with Crippen LogP contribution in [0.4, 0.5) is 5.95 Å². The van der Waals surface area contributed by atoms with E-state index in [1.54, 1.807) is 13.2 Å². The Kier molecular flexibility index (Phi) is 6.77. The maximum absolute atomic E-state index is 12.3. The molecule has 0 spiro atoms. The normalized spacial score (nSPS) is 18.0. The molecular formula is C17H28N4O2. The first kappa shape index (κ1) is 17.7. The second-order valence-electron chi connectivity index (χ2n) is 6.05. The molecule has 128 valence electrons. The van der Waals surface area contributed by atoms with Crippen molar-refractivity contribution in [1.82, 2.24) is 15.3 Å². The molecule has 23 heavy (non-hydrogen) atoms. The number of aromatic nitrogens is 2. The number of hydrogen-bond acceptors (Lipinski definition) is 5.